The van der Waals surface area contributed by atoms with Crippen LogP contribution in [0.25, 0.3) is 31.9 Å². The van der Waals surface area contributed by atoms with Crippen molar-refractivity contribution in [2.45, 2.75) is 90.9 Å². The minimum atomic E-state index is -0.177. The van der Waals surface area contributed by atoms with Gasteiger partial charge in [0.25, 0.3) is 0 Å². The van der Waals surface area contributed by atoms with Crippen LogP contribution in [0.2, 0.25) is 0 Å². The second kappa shape index (κ2) is 16.7. The van der Waals surface area contributed by atoms with Crippen molar-refractivity contribution in [2.24, 2.45) is 0 Å². The van der Waals surface area contributed by atoms with Crippen molar-refractivity contribution >= 4 is 80.5 Å². The fraction of sp³-hybridized carbons (Fsp3) is 0.533. The van der Waals surface area contributed by atoms with Crippen LogP contribution in [0.3, 0.4) is 0 Å². The number of rotatable bonds is 18. The van der Waals surface area contributed by atoms with E-state index in [-0.39, 0.29) is 15.0 Å². The predicted octanol–water partition coefficient (Wildman–Crippen LogP) is 11.1. The van der Waals surface area contributed by atoms with Crippen molar-refractivity contribution in [2.75, 3.05) is 13.2 Å². The first-order chi connectivity index (χ1) is 19.1. The van der Waals surface area contributed by atoms with Gasteiger partial charge in [0.05, 0.1) is 0 Å². The molecular weight excluding hydrogens is 723 g/mol. The monoisotopic (exact) mass is 760 g/mol. The van der Waals surface area contributed by atoms with Crippen LogP contribution in [0.5, 0.6) is 11.5 Å². The molecule has 4 nitrogen and oxygen atoms in total. The van der Waals surface area contributed by atoms with Gasteiger partial charge >= 0.3 is 252 Å². The molecule has 0 amide bonds. The van der Waals surface area contributed by atoms with Crippen molar-refractivity contribution in [3.8, 4) is 32.4 Å². The molecule has 3 aromatic heterocycles. The molecule has 4 rings (SSSR count). The molecule has 0 fully saturated rings. The fourth-order valence-corrected chi connectivity index (χ4v) is 8.73. The fourth-order valence-electron chi connectivity index (χ4n) is 4.70. The summed E-state index contributed by atoms with van der Waals surface area (Å²) in [6, 6.07) is 8.51. The molecule has 0 bridgehead atoms. The van der Waals surface area contributed by atoms with Crippen LogP contribution in [-0.4, -0.2) is 36.1 Å². The average Bonchev–Trinajstić information content (AvgIpc) is 3.69. The molecule has 0 radical (unpaired) electrons. The van der Waals surface area contributed by atoms with Crippen LogP contribution in [0.4, 0.5) is 0 Å². The Morgan fingerprint density at radius 1 is 0.615 bits per heavy atom. The number of aromatic nitrogens is 2. The summed E-state index contributed by atoms with van der Waals surface area (Å²) in [7, 11) is 0. The molecule has 0 aliphatic rings. The standard InChI is InChI=1S/C30H38Br2N2O2S2Se/c1-3-5-7-9-11-13-19-35-29-25(21-15-17-23(31)37-21)27-28(34-39-33-27)26(22-16-18-24(32)38-22)30(29)36-20-14-12-10-8-6-4-2/h15-18H,3-14,19-20H2,1-2H3. The van der Waals surface area contributed by atoms with E-state index in [0.717, 1.165) is 63.8 Å². The zero-order chi connectivity index (χ0) is 27.5. The van der Waals surface area contributed by atoms with E-state index in [0.29, 0.717) is 13.2 Å². The summed E-state index contributed by atoms with van der Waals surface area (Å²) < 4.78 is 25.5. The molecule has 39 heavy (non-hydrogen) atoms. The van der Waals surface area contributed by atoms with Crippen molar-refractivity contribution in [1.29, 1.82) is 0 Å². The Bertz CT molecular complexity index is 1210. The first kappa shape index (κ1) is 31.2. The van der Waals surface area contributed by atoms with Gasteiger partial charge in [0.2, 0.25) is 0 Å². The Kier molecular flexibility index (Phi) is 13.4. The third-order valence-corrected chi connectivity index (χ3v) is 11.1. The predicted molar refractivity (Wildman–Crippen MR) is 176 cm³/mol. The topological polar surface area (TPSA) is 44.2 Å². The summed E-state index contributed by atoms with van der Waals surface area (Å²) >= 11 is 10.6. The number of halogens is 2. The second-order valence-corrected chi connectivity index (χ2v) is 15.8. The van der Waals surface area contributed by atoms with Gasteiger partial charge in [0, 0.05) is 0 Å². The van der Waals surface area contributed by atoms with E-state index >= 15 is 0 Å². The molecular formula is C30H38Br2N2O2S2Se. The van der Waals surface area contributed by atoms with Crippen LogP contribution in [0.15, 0.2) is 31.8 Å². The van der Waals surface area contributed by atoms with E-state index in [9.17, 15) is 0 Å². The molecule has 0 unspecified atom stereocenters. The van der Waals surface area contributed by atoms with Gasteiger partial charge < -0.3 is 0 Å². The van der Waals surface area contributed by atoms with Gasteiger partial charge in [-0.05, 0) is 0 Å². The van der Waals surface area contributed by atoms with Crippen LogP contribution < -0.4 is 9.47 Å². The normalized spacial score (nSPS) is 11.5. The molecule has 3 heterocycles. The Morgan fingerprint density at radius 2 is 1.03 bits per heavy atom. The van der Waals surface area contributed by atoms with Gasteiger partial charge in [-0.25, -0.2) is 0 Å². The quantitative estimate of drug-likeness (QED) is 0.0748. The number of thiophene rings is 2. The summed E-state index contributed by atoms with van der Waals surface area (Å²) in [5.74, 6) is 1.66. The first-order valence-corrected chi connectivity index (χ1v) is 19.0. The van der Waals surface area contributed by atoms with E-state index in [4.69, 9.17) is 17.4 Å². The van der Waals surface area contributed by atoms with E-state index in [2.05, 4.69) is 70.0 Å². The van der Waals surface area contributed by atoms with Gasteiger partial charge in [0.15, 0.2) is 0 Å². The number of hydrogen-bond acceptors (Lipinski definition) is 6. The maximum absolute atomic E-state index is 6.71. The Labute approximate surface area is 264 Å². The summed E-state index contributed by atoms with van der Waals surface area (Å²) in [5, 5.41) is 0. The Hall–Kier alpha value is -0.701. The Balaban J connectivity index is 1.70. The zero-order valence-corrected chi connectivity index (χ0v) is 29.4. The van der Waals surface area contributed by atoms with Crippen molar-refractivity contribution in [3.05, 3.63) is 31.8 Å². The molecule has 1 aromatic carbocycles. The summed E-state index contributed by atoms with van der Waals surface area (Å²) in [5.41, 5.74) is 3.97. The van der Waals surface area contributed by atoms with Crippen LogP contribution in [0.1, 0.15) is 90.9 Å². The molecule has 0 N–H and O–H groups in total. The molecule has 0 saturated carbocycles. The van der Waals surface area contributed by atoms with Crippen LogP contribution >= 0.6 is 54.5 Å². The van der Waals surface area contributed by atoms with E-state index < -0.39 is 0 Å². The molecule has 212 valence electrons. The maximum atomic E-state index is 6.71. The third kappa shape index (κ3) is 8.65. The summed E-state index contributed by atoms with van der Waals surface area (Å²) in [6.45, 7) is 5.87. The van der Waals surface area contributed by atoms with Crippen molar-refractivity contribution < 1.29 is 9.47 Å². The number of hydrogen-bond donors (Lipinski definition) is 0. The SMILES string of the molecule is CCCCCCCCOc1c(OCCCCCCCC)c(-c2ccc(Br)s2)c2n[se]nc2c1-c1ccc(Br)s1. The Morgan fingerprint density at radius 3 is 1.41 bits per heavy atom. The summed E-state index contributed by atoms with van der Waals surface area (Å²) in [6.07, 6.45) is 14.7. The number of unbranched alkanes of at least 4 members (excludes halogenated alkanes) is 10. The van der Waals surface area contributed by atoms with E-state index in [1.54, 1.807) is 22.7 Å². The van der Waals surface area contributed by atoms with Crippen molar-refractivity contribution in [3.63, 3.8) is 0 Å². The minimum absolute atomic E-state index is 0.177. The van der Waals surface area contributed by atoms with Gasteiger partial charge in [-0.1, -0.05) is 13.8 Å². The third-order valence-electron chi connectivity index (χ3n) is 6.75. The van der Waals surface area contributed by atoms with Gasteiger partial charge in [-0.2, -0.15) is 0 Å². The molecule has 0 atom stereocenters. The zero-order valence-electron chi connectivity index (χ0n) is 22.9. The first-order valence-electron chi connectivity index (χ1n) is 14.2. The number of benzene rings is 1. The van der Waals surface area contributed by atoms with Gasteiger partial charge in [0.1, 0.15) is 0 Å². The molecule has 0 aliphatic heterocycles. The van der Waals surface area contributed by atoms with E-state index in [1.807, 2.05) is 0 Å². The molecule has 0 saturated heterocycles. The van der Waals surface area contributed by atoms with Gasteiger partial charge in [-0.15, -0.1) is 0 Å². The molecule has 0 aliphatic carbocycles. The number of ether oxygens (including phenoxy) is 2. The summed E-state index contributed by atoms with van der Waals surface area (Å²) in [4.78, 5) is 2.27. The number of nitrogens with zero attached hydrogens (tertiary/aromatic N) is 2. The van der Waals surface area contributed by atoms with Crippen LogP contribution in [0, 0.1) is 0 Å². The molecule has 0 spiro atoms. The molecule has 4 aromatic rings. The van der Waals surface area contributed by atoms with Crippen LogP contribution in [-0.2, 0) is 0 Å². The number of fused-ring (bicyclic) bond motifs is 1. The van der Waals surface area contributed by atoms with E-state index in [1.165, 1.54) is 64.2 Å². The second-order valence-electron chi connectivity index (χ2n) is 9.81. The van der Waals surface area contributed by atoms with Gasteiger partial charge in [-0.3, -0.25) is 0 Å². The molecule has 9 heteroatoms. The average molecular weight is 762 g/mol. The van der Waals surface area contributed by atoms with Crippen molar-refractivity contribution in [1.82, 2.24) is 7.96 Å².